The van der Waals surface area contributed by atoms with Crippen LogP contribution in [0.25, 0.3) is 11.3 Å². The molecule has 0 unspecified atom stereocenters. The van der Waals surface area contributed by atoms with Gasteiger partial charge in [0.15, 0.2) is 0 Å². The fourth-order valence-electron chi connectivity index (χ4n) is 3.69. The molecular weight excluding hydrogens is 374 g/mol. The van der Waals surface area contributed by atoms with E-state index in [1.54, 1.807) is 13.0 Å². The molecule has 1 aromatic heterocycles. The quantitative estimate of drug-likeness (QED) is 0.651. The average Bonchev–Trinajstić information content (AvgIpc) is 3.09. The van der Waals surface area contributed by atoms with Gasteiger partial charge >= 0.3 is 0 Å². The van der Waals surface area contributed by atoms with E-state index in [2.05, 4.69) is 35.2 Å². The molecule has 6 heteroatoms. The van der Waals surface area contributed by atoms with Gasteiger partial charge < -0.3 is 14.3 Å². The Morgan fingerprint density at radius 1 is 1.00 bits per heavy atom. The topological polar surface area (TPSA) is 49.6 Å². The van der Waals surface area contributed by atoms with Crippen molar-refractivity contribution in [1.82, 2.24) is 10.1 Å². The van der Waals surface area contributed by atoms with Gasteiger partial charge in [-0.25, -0.2) is 0 Å². The van der Waals surface area contributed by atoms with Crippen molar-refractivity contribution in [1.29, 1.82) is 0 Å². The third-order valence-electron chi connectivity index (χ3n) is 5.23. The Balaban J connectivity index is 1.55. The Morgan fingerprint density at radius 2 is 1.68 bits per heavy atom. The van der Waals surface area contributed by atoms with Crippen LogP contribution in [0.5, 0.6) is 0 Å². The molecular formula is C22H22ClN3O2. The number of aryl methyl sites for hydroxylation is 2. The molecule has 0 saturated carbocycles. The van der Waals surface area contributed by atoms with E-state index < -0.39 is 0 Å². The molecule has 144 valence electrons. The largest absolute Gasteiger partial charge is 0.368 e. The Bertz CT molecular complexity index is 1010. The molecule has 2 aromatic carbocycles. The maximum atomic E-state index is 13.3. The minimum atomic E-state index is -0.0573. The molecule has 2 heterocycles. The van der Waals surface area contributed by atoms with Crippen LogP contribution < -0.4 is 4.90 Å². The van der Waals surface area contributed by atoms with Gasteiger partial charge in [0.25, 0.3) is 5.91 Å². The number of benzene rings is 2. The van der Waals surface area contributed by atoms with Gasteiger partial charge in [-0.15, -0.1) is 0 Å². The predicted octanol–water partition coefficient (Wildman–Crippen LogP) is 4.57. The zero-order valence-electron chi connectivity index (χ0n) is 16.0. The van der Waals surface area contributed by atoms with Crippen LogP contribution in [0.4, 0.5) is 5.69 Å². The smallest absolute Gasteiger partial charge is 0.259 e. The first-order valence-electron chi connectivity index (χ1n) is 9.37. The normalized spacial score (nSPS) is 14.4. The first kappa shape index (κ1) is 18.6. The summed E-state index contributed by atoms with van der Waals surface area (Å²) in [5.41, 5.74) is 4.19. The summed E-state index contributed by atoms with van der Waals surface area (Å²) >= 11 is 6.32. The van der Waals surface area contributed by atoms with Crippen LogP contribution in [0.15, 0.2) is 53.1 Å². The number of hydrogen-bond donors (Lipinski definition) is 0. The summed E-state index contributed by atoms with van der Waals surface area (Å²) in [4.78, 5) is 17.5. The van der Waals surface area contributed by atoms with E-state index in [1.165, 1.54) is 11.3 Å². The molecule has 0 bridgehead atoms. The second-order valence-corrected chi connectivity index (χ2v) is 7.42. The molecule has 0 atom stereocenters. The number of halogens is 1. The van der Waals surface area contributed by atoms with Gasteiger partial charge in [0.2, 0.25) is 0 Å². The molecule has 28 heavy (non-hydrogen) atoms. The van der Waals surface area contributed by atoms with Gasteiger partial charge in [0.05, 0.1) is 5.02 Å². The van der Waals surface area contributed by atoms with Crippen molar-refractivity contribution in [2.75, 3.05) is 31.1 Å². The summed E-state index contributed by atoms with van der Waals surface area (Å²) in [6, 6.07) is 15.7. The van der Waals surface area contributed by atoms with Crippen LogP contribution >= 0.6 is 11.6 Å². The second kappa shape index (κ2) is 7.68. The Labute approximate surface area is 169 Å². The maximum absolute atomic E-state index is 13.3. The van der Waals surface area contributed by atoms with E-state index in [1.807, 2.05) is 29.2 Å². The summed E-state index contributed by atoms with van der Waals surface area (Å²) in [7, 11) is 0. The summed E-state index contributed by atoms with van der Waals surface area (Å²) in [5, 5.41) is 4.67. The molecule has 0 N–H and O–H groups in total. The number of rotatable bonds is 3. The number of nitrogens with zero attached hydrogens (tertiary/aromatic N) is 3. The molecule has 0 aliphatic carbocycles. The summed E-state index contributed by atoms with van der Waals surface area (Å²) in [6.45, 7) is 6.78. The standard InChI is InChI=1S/C22H22ClN3O2/c1-15-7-3-6-10-19(15)25-11-13-26(14-12-25)22(27)20-16(2)28-24-21(20)17-8-4-5-9-18(17)23/h3-10H,11-14H2,1-2H3. The lowest BCUT2D eigenvalue weighted by molar-refractivity contribution is 0.0745. The van der Waals surface area contributed by atoms with E-state index >= 15 is 0 Å². The molecule has 0 spiro atoms. The molecule has 1 fully saturated rings. The summed E-state index contributed by atoms with van der Waals surface area (Å²) in [6.07, 6.45) is 0. The van der Waals surface area contributed by atoms with Crippen LogP contribution in [0.1, 0.15) is 21.7 Å². The molecule has 1 amide bonds. The summed E-state index contributed by atoms with van der Waals surface area (Å²) in [5.74, 6) is 0.458. The first-order chi connectivity index (χ1) is 13.6. The number of piperazine rings is 1. The van der Waals surface area contributed by atoms with Gasteiger partial charge in [-0.05, 0) is 31.5 Å². The molecule has 5 nitrogen and oxygen atoms in total. The minimum Gasteiger partial charge on any atom is -0.368 e. The fraction of sp³-hybridized carbons (Fsp3) is 0.273. The van der Waals surface area contributed by atoms with E-state index in [0.717, 1.165) is 13.1 Å². The zero-order valence-corrected chi connectivity index (χ0v) is 16.7. The van der Waals surface area contributed by atoms with Crippen molar-refractivity contribution in [3.05, 3.63) is 70.4 Å². The van der Waals surface area contributed by atoms with Crippen molar-refractivity contribution in [3.8, 4) is 11.3 Å². The number of hydrogen-bond acceptors (Lipinski definition) is 4. The zero-order chi connectivity index (χ0) is 19.7. The van der Waals surface area contributed by atoms with E-state index in [-0.39, 0.29) is 5.91 Å². The highest BCUT2D eigenvalue weighted by Gasteiger charge is 2.29. The Morgan fingerprint density at radius 3 is 2.39 bits per heavy atom. The molecule has 3 aromatic rings. The molecule has 4 rings (SSSR count). The number of carbonyl (C=O) groups is 1. The van der Waals surface area contributed by atoms with Gasteiger partial charge in [-0.2, -0.15) is 0 Å². The molecule has 1 saturated heterocycles. The lowest BCUT2D eigenvalue weighted by atomic mass is 10.0. The van der Waals surface area contributed by atoms with Crippen molar-refractivity contribution < 1.29 is 9.32 Å². The highest BCUT2D eigenvalue weighted by atomic mass is 35.5. The number of aromatic nitrogens is 1. The van der Waals surface area contributed by atoms with Crippen LogP contribution in [0, 0.1) is 13.8 Å². The first-order valence-corrected chi connectivity index (χ1v) is 9.75. The van der Waals surface area contributed by atoms with E-state index in [9.17, 15) is 4.79 Å². The van der Waals surface area contributed by atoms with Gasteiger partial charge in [0, 0.05) is 37.4 Å². The number of anilines is 1. The predicted molar refractivity (Wildman–Crippen MR) is 111 cm³/mol. The van der Waals surface area contributed by atoms with E-state index in [0.29, 0.717) is 40.7 Å². The number of para-hydroxylation sites is 1. The van der Waals surface area contributed by atoms with Crippen LogP contribution in [0.3, 0.4) is 0 Å². The second-order valence-electron chi connectivity index (χ2n) is 7.01. The third kappa shape index (κ3) is 3.38. The van der Waals surface area contributed by atoms with Gasteiger partial charge in [-0.3, -0.25) is 4.79 Å². The molecule has 0 radical (unpaired) electrons. The fourth-order valence-corrected chi connectivity index (χ4v) is 3.91. The lowest BCUT2D eigenvalue weighted by Gasteiger charge is -2.36. The molecule has 1 aliphatic rings. The van der Waals surface area contributed by atoms with Crippen molar-refractivity contribution in [2.45, 2.75) is 13.8 Å². The average molecular weight is 396 g/mol. The van der Waals surface area contributed by atoms with Crippen molar-refractivity contribution in [3.63, 3.8) is 0 Å². The highest BCUT2D eigenvalue weighted by molar-refractivity contribution is 6.33. The van der Waals surface area contributed by atoms with E-state index in [4.69, 9.17) is 16.1 Å². The van der Waals surface area contributed by atoms with Crippen LogP contribution in [-0.4, -0.2) is 42.1 Å². The van der Waals surface area contributed by atoms with Crippen LogP contribution in [-0.2, 0) is 0 Å². The van der Waals surface area contributed by atoms with Gasteiger partial charge in [0.1, 0.15) is 17.0 Å². The van der Waals surface area contributed by atoms with Crippen molar-refractivity contribution in [2.24, 2.45) is 0 Å². The number of carbonyl (C=O) groups excluding carboxylic acids is 1. The Kier molecular flexibility index (Phi) is 5.09. The minimum absolute atomic E-state index is 0.0573. The SMILES string of the molecule is Cc1ccccc1N1CCN(C(=O)c2c(-c3ccccc3Cl)noc2C)CC1. The maximum Gasteiger partial charge on any atom is 0.259 e. The van der Waals surface area contributed by atoms with Crippen LogP contribution in [0.2, 0.25) is 5.02 Å². The lowest BCUT2D eigenvalue weighted by Crippen LogP contribution is -2.49. The Hall–Kier alpha value is -2.79. The third-order valence-corrected chi connectivity index (χ3v) is 5.56. The number of amides is 1. The molecule has 1 aliphatic heterocycles. The highest BCUT2D eigenvalue weighted by Crippen LogP contribution is 2.32. The monoisotopic (exact) mass is 395 g/mol. The van der Waals surface area contributed by atoms with Gasteiger partial charge in [-0.1, -0.05) is 53.2 Å². The van der Waals surface area contributed by atoms with Crippen molar-refractivity contribution >= 4 is 23.2 Å². The summed E-state index contributed by atoms with van der Waals surface area (Å²) < 4.78 is 5.36.